The third kappa shape index (κ3) is 3.01. The predicted molar refractivity (Wildman–Crippen MR) is 92.6 cm³/mol. The van der Waals surface area contributed by atoms with Crippen LogP contribution in [0.25, 0.3) is 22.5 Å². The van der Waals surface area contributed by atoms with Crippen molar-refractivity contribution in [2.24, 2.45) is 0 Å². The topological polar surface area (TPSA) is 42.1 Å². The Morgan fingerprint density at radius 1 is 0.957 bits per heavy atom. The maximum Gasteiger partial charge on any atom is 0.341 e. The molecular weight excluding hydrogens is 310 g/mol. The summed E-state index contributed by atoms with van der Waals surface area (Å²) in [5.41, 5.74) is 3.57. The fourth-order valence-corrected chi connectivity index (χ4v) is 2.83. The Morgan fingerprint density at radius 3 is 2.00 bits per heavy atom. The monoisotopic (exact) mass is 325 g/mol. The molecule has 3 rings (SSSR count). The van der Waals surface area contributed by atoms with Crippen LogP contribution in [0.5, 0.6) is 0 Å². The molecule has 0 unspecified atom stereocenters. The molecule has 23 heavy (non-hydrogen) atoms. The van der Waals surface area contributed by atoms with E-state index in [1.54, 1.807) is 6.92 Å². The lowest BCUT2D eigenvalue weighted by molar-refractivity contribution is 0.0528. The number of carbonyl (C=O) groups excluding carboxylic acids is 1. The van der Waals surface area contributed by atoms with Crippen LogP contribution in [0, 0.1) is 0 Å². The number of aromatic nitrogens is 1. The minimum absolute atomic E-state index is 0.301. The number of H-pyrrole nitrogens is 1. The number of aromatic amines is 1. The number of halogens is 1. The van der Waals surface area contributed by atoms with Crippen LogP contribution in [0.1, 0.15) is 17.3 Å². The molecule has 0 saturated heterocycles. The van der Waals surface area contributed by atoms with E-state index in [1.165, 1.54) is 0 Å². The number of rotatable bonds is 4. The summed E-state index contributed by atoms with van der Waals surface area (Å²) in [5, 5.41) is 0.383. The van der Waals surface area contributed by atoms with Crippen molar-refractivity contribution in [1.82, 2.24) is 4.98 Å². The average molecular weight is 326 g/mol. The van der Waals surface area contributed by atoms with Crippen LogP contribution in [0.3, 0.4) is 0 Å². The van der Waals surface area contributed by atoms with Gasteiger partial charge in [0, 0.05) is 0 Å². The highest BCUT2D eigenvalue weighted by Crippen LogP contribution is 2.37. The second kappa shape index (κ2) is 6.71. The molecule has 3 nitrogen and oxygen atoms in total. The first kappa shape index (κ1) is 15.4. The van der Waals surface area contributed by atoms with Gasteiger partial charge in [-0.15, -0.1) is 0 Å². The number of hydrogen-bond donors (Lipinski definition) is 1. The lowest BCUT2D eigenvalue weighted by Gasteiger charge is -2.04. The summed E-state index contributed by atoms with van der Waals surface area (Å²) in [6.07, 6.45) is 0. The molecule has 0 aliphatic rings. The second-order valence-electron chi connectivity index (χ2n) is 5.02. The van der Waals surface area contributed by atoms with E-state index in [9.17, 15) is 4.79 Å². The Labute approximate surface area is 139 Å². The first-order valence-corrected chi connectivity index (χ1v) is 7.79. The van der Waals surface area contributed by atoms with Crippen LogP contribution in [0.2, 0.25) is 5.02 Å². The maximum absolute atomic E-state index is 12.4. The van der Waals surface area contributed by atoms with Crippen LogP contribution in [0.15, 0.2) is 60.7 Å². The number of esters is 1. The smallest absolute Gasteiger partial charge is 0.341 e. The highest BCUT2D eigenvalue weighted by atomic mass is 35.5. The molecule has 0 aliphatic carbocycles. The van der Waals surface area contributed by atoms with Gasteiger partial charge in [0.2, 0.25) is 0 Å². The number of carbonyl (C=O) groups is 1. The Hall–Kier alpha value is -2.52. The van der Waals surface area contributed by atoms with Crippen molar-refractivity contribution >= 4 is 17.6 Å². The highest BCUT2D eigenvalue weighted by molar-refractivity contribution is 6.37. The SMILES string of the molecule is CCOC(=O)c1c(-c2ccccc2)[nH]c(-c2ccccc2)c1Cl. The molecule has 1 N–H and O–H groups in total. The zero-order valence-electron chi connectivity index (χ0n) is 12.7. The van der Waals surface area contributed by atoms with Gasteiger partial charge in [0.1, 0.15) is 5.56 Å². The Morgan fingerprint density at radius 2 is 1.48 bits per heavy atom. The number of nitrogens with one attached hydrogen (secondary N) is 1. The molecule has 116 valence electrons. The lowest BCUT2D eigenvalue weighted by atomic mass is 10.1. The quantitative estimate of drug-likeness (QED) is 0.672. The summed E-state index contributed by atoms with van der Waals surface area (Å²) >= 11 is 6.51. The zero-order chi connectivity index (χ0) is 16.2. The van der Waals surface area contributed by atoms with Gasteiger partial charge in [-0.05, 0) is 18.1 Å². The third-order valence-corrected chi connectivity index (χ3v) is 3.92. The van der Waals surface area contributed by atoms with Crippen molar-refractivity contribution in [3.63, 3.8) is 0 Å². The Bertz CT molecular complexity index is 810. The van der Waals surface area contributed by atoms with E-state index in [0.29, 0.717) is 28.6 Å². The van der Waals surface area contributed by atoms with Gasteiger partial charge in [-0.1, -0.05) is 72.3 Å². The fraction of sp³-hybridized carbons (Fsp3) is 0.105. The fourth-order valence-electron chi connectivity index (χ4n) is 2.50. The Balaban J connectivity index is 2.20. The van der Waals surface area contributed by atoms with Gasteiger partial charge in [0.25, 0.3) is 0 Å². The normalized spacial score (nSPS) is 10.5. The molecule has 0 atom stereocenters. The van der Waals surface area contributed by atoms with Gasteiger partial charge in [0.15, 0.2) is 0 Å². The van der Waals surface area contributed by atoms with Crippen LogP contribution in [-0.4, -0.2) is 17.6 Å². The average Bonchev–Trinajstić information content (AvgIpc) is 2.94. The second-order valence-corrected chi connectivity index (χ2v) is 5.39. The molecule has 4 heteroatoms. The van der Waals surface area contributed by atoms with Gasteiger partial charge in [-0.3, -0.25) is 0 Å². The van der Waals surface area contributed by atoms with Crippen molar-refractivity contribution < 1.29 is 9.53 Å². The summed E-state index contributed by atoms with van der Waals surface area (Å²) < 4.78 is 5.18. The molecular formula is C19H16ClNO2. The van der Waals surface area contributed by atoms with E-state index in [-0.39, 0.29) is 0 Å². The Kier molecular flexibility index (Phi) is 4.49. The van der Waals surface area contributed by atoms with Gasteiger partial charge in [0.05, 0.1) is 23.0 Å². The minimum atomic E-state index is -0.421. The first-order valence-electron chi connectivity index (χ1n) is 7.41. The summed E-state index contributed by atoms with van der Waals surface area (Å²) in [7, 11) is 0. The van der Waals surface area contributed by atoms with Crippen molar-refractivity contribution in [1.29, 1.82) is 0 Å². The van der Waals surface area contributed by atoms with Crippen molar-refractivity contribution in [2.75, 3.05) is 6.61 Å². The van der Waals surface area contributed by atoms with E-state index in [2.05, 4.69) is 4.98 Å². The van der Waals surface area contributed by atoms with Gasteiger partial charge in [-0.25, -0.2) is 4.79 Å². The van der Waals surface area contributed by atoms with Crippen molar-refractivity contribution in [3.05, 3.63) is 71.2 Å². The maximum atomic E-state index is 12.4. The summed E-state index contributed by atoms with van der Waals surface area (Å²) in [6.45, 7) is 2.08. The highest BCUT2D eigenvalue weighted by Gasteiger charge is 2.24. The molecule has 0 saturated carbocycles. The zero-order valence-corrected chi connectivity index (χ0v) is 13.4. The van der Waals surface area contributed by atoms with E-state index in [1.807, 2.05) is 60.7 Å². The molecule has 1 aromatic heterocycles. The molecule has 0 bridgehead atoms. The molecule has 0 fully saturated rings. The molecule has 1 heterocycles. The predicted octanol–water partition coefficient (Wildman–Crippen LogP) is 5.18. The van der Waals surface area contributed by atoms with Crippen LogP contribution >= 0.6 is 11.6 Å². The van der Waals surface area contributed by atoms with E-state index in [0.717, 1.165) is 11.1 Å². The van der Waals surface area contributed by atoms with Crippen molar-refractivity contribution in [2.45, 2.75) is 6.92 Å². The standard InChI is InChI=1S/C19H16ClNO2/c1-2-23-19(22)15-16(20)18(14-11-7-4-8-12-14)21-17(15)13-9-5-3-6-10-13/h3-12,21H,2H2,1H3. The summed E-state index contributed by atoms with van der Waals surface area (Å²) in [4.78, 5) is 15.7. The third-order valence-electron chi connectivity index (χ3n) is 3.54. The van der Waals surface area contributed by atoms with Crippen LogP contribution in [0.4, 0.5) is 0 Å². The van der Waals surface area contributed by atoms with Crippen LogP contribution < -0.4 is 0 Å². The number of benzene rings is 2. The van der Waals surface area contributed by atoms with Gasteiger partial charge >= 0.3 is 5.97 Å². The molecule has 0 radical (unpaired) electrons. The van der Waals surface area contributed by atoms with E-state index < -0.39 is 5.97 Å². The van der Waals surface area contributed by atoms with Gasteiger partial charge in [-0.2, -0.15) is 0 Å². The van der Waals surface area contributed by atoms with E-state index in [4.69, 9.17) is 16.3 Å². The minimum Gasteiger partial charge on any atom is -0.462 e. The van der Waals surface area contributed by atoms with Crippen molar-refractivity contribution in [3.8, 4) is 22.5 Å². The van der Waals surface area contributed by atoms with E-state index >= 15 is 0 Å². The number of ether oxygens (including phenoxy) is 1. The molecule has 3 aromatic rings. The van der Waals surface area contributed by atoms with Crippen LogP contribution in [-0.2, 0) is 4.74 Å². The molecule has 2 aromatic carbocycles. The summed E-state index contributed by atoms with van der Waals surface area (Å²) in [5.74, 6) is -0.421. The first-order chi connectivity index (χ1) is 11.2. The van der Waals surface area contributed by atoms with Gasteiger partial charge < -0.3 is 9.72 Å². The lowest BCUT2D eigenvalue weighted by Crippen LogP contribution is -2.05. The largest absolute Gasteiger partial charge is 0.462 e. The number of hydrogen-bond acceptors (Lipinski definition) is 2. The molecule has 0 aliphatic heterocycles. The molecule has 0 amide bonds. The summed E-state index contributed by atoms with van der Waals surface area (Å²) in [6, 6.07) is 19.3. The molecule has 0 spiro atoms.